The van der Waals surface area contributed by atoms with Crippen molar-refractivity contribution in [3.8, 4) is 0 Å². The molecule has 0 spiro atoms. The summed E-state index contributed by atoms with van der Waals surface area (Å²) in [4.78, 5) is 14.9. The third-order valence-corrected chi connectivity index (χ3v) is 5.04. The summed E-state index contributed by atoms with van der Waals surface area (Å²) in [7, 11) is 0. The van der Waals surface area contributed by atoms with Gasteiger partial charge in [0.15, 0.2) is 5.96 Å². The van der Waals surface area contributed by atoms with Crippen LogP contribution in [0.4, 0.5) is 10.1 Å². The van der Waals surface area contributed by atoms with Crippen LogP contribution in [0.1, 0.15) is 16.8 Å². The van der Waals surface area contributed by atoms with E-state index in [0.717, 1.165) is 49.4 Å². The van der Waals surface area contributed by atoms with Gasteiger partial charge in [-0.1, -0.05) is 0 Å². The highest BCUT2D eigenvalue weighted by Gasteiger charge is 2.20. The van der Waals surface area contributed by atoms with Gasteiger partial charge in [0.25, 0.3) is 0 Å². The Balaban J connectivity index is 0.00000243. The van der Waals surface area contributed by atoms with Gasteiger partial charge in [0, 0.05) is 49.5 Å². The van der Waals surface area contributed by atoms with Crippen molar-refractivity contribution < 1.29 is 4.39 Å². The highest BCUT2D eigenvalue weighted by atomic mass is 127. The molecule has 2 aromatic rings. The second-order valence-corrected chi connectivity index (χ2v) is 7.30. The van der Waals surface area contributed by atoms with Crippen molar-refractivity contribution >= 4 is 47.0 Å². The SMILES string of the molecule is CCNC(=NCc1ncc(C)s1)N1CCN(c2ccc(F)cc2)CC1.I. The molecule has 26 heavy (non-hydrogen) atoms. The van der Waals surface area contributed by atoms with Crippen LogP contribution < -0.4 is 10.2 Å². The highest BCUT2D eigenvalue weighted by molar-refractivity contribution is 14.0. The van der Waals surface area contributed by atoms with Gasteiger partial charge in [-0.2, -0.15) is 0 Å². The summed E-state index contributed by atoms with van der Waals surface area (Å²) in [6.45, 7) is 9.16. The van der Waals surface area contributed by atoms with Crippen molar-refractivity contribution in [1.82, 2.24) is 15.2 Å². The second-order valence-electron chi connectivity index (χ2n) is 5.99. The fourth-order valence-electron chi connectivity index (χ4n) is 2.87. The molecule has 1 N–H and O–H groups in total. The number of aryl methyl sites for hydroxylation is 1. The maximum Gasteiger partial charge on any atom is 0.194 e. The molecule has 1 aromatic heterocycles. The van der Waals surface area contributed by atoms with Crippen LogP contribution in [0.5, 0.6) is 0 Å². The number of aromatic nitrogens is 1. The molecule has 1 fully saturated rings. The second kappa shape index (κ2) is 10.1. The predicted molar refractivity (Wildman–Crippen MR) is 117 cm³/mol. The number of halogens is 2. The smallest absolute Gasteiger partial charge is 0.194 e. The van der Waals surface area contributed by atoms with Crippen molar-refractivity contribution in [1.29, 1.82) is 0 Å². The molecule has 0 aliphatic carbocycles. The number of thiazole rings is 1. The van der Waals surface area contributed by atoms with E-state index in [1.54, 1.807) is 11.3 Å². The molecule has 0 radical (unpaired) electrons. The normalized spacial score (nSPS) is 15.0. The zero-order chi connectivity index (χ0) is 17.6. The molecule has 5 nitrogen and oxygen atoms in total. The van der Waals surface area contributed by atoms with Crippen molar-refractivity contribution in [2.75, 3.05) is 37.6 Å². The zero-order valence-corrected chi connectivity index (χ0v) is 18.3. The molecule has 0 bridgehead atoms. The molecule has 142 valence electrons. The third-order valence-electron chi connectivity index (χ3n) is 4.14. The molecular weight excluding hydrogens is 464 g/mol. The first-order valence-electron chi connectivity index (χ1n) is 8.61. The average Bonchev–Trinajstić information content (AvgIpc) is 3.05. The Bertz CT molecular complexity index is 711. The number of benzene rings is 1. The van der Waals surface area contributed by atoms with E-state index in [2.05, 4.69) is 33.9 Å². The summed E-state index contributed by atoms with van der Waals surface area (Å²) in [5.41, 5.74) is 1.07. The Hall–Kier alpha value is -1.42. The lowest BCUT2D eigenvalue weighted by molar-refractivity contribution is 0.372. The van der Waals surface area contributed by atoms with E-state index in [1.807, 2.05) is 18.3 Å². The van der Waals surface area contributed by atoms with Crippen LogP contribution in [0.25, 0.3) is 0 Å². The number of nitrogens with one attached hydrogen (secondary N) is 1. The summed E-state index contributed by atoms with van der Waals surface area (Å²) in [5, 5.41) is 4.42. The molecule has 0 saturated carbocycles. The Labute approximate surface area is 175 Å². The number of hydrogen-bond donors (Lipinski definition) is 1. The molecule has 0 unspecified atom stereocenters. The maximum atomic E-state index is 13.1. The minimum Gasteiger partial charge on any atom is -0.368 e. The number of piperazine rings is 1. The summed E-state index contributed by atoms with van der Waals surface area (Å²) in [6, 6.07) is 6.72. The van der Waals surface area contributed by atoms with E-state index in [0.29, 0.717) is 6.54 Å². The Morgan fingerprint density at radius 3 is 2.50 bits per heavy atom. The van der Waals surface area contributed by atoms with Crippen molar-refractivity contribution in [3.63, 3.8) is 0 Å². The fourth-order valence-corrected chi connectivity index (χ4v) is 3.58. The number of nitrogens with zero attached hydrogens (tertiary/aromatic N) is 4. The molecule has 1 aliphatic heterocycles. The molecule has 2 heterocycles. The molecule has 8 heteroatoms. The third kappa shape index (κ3) is 5.54. The predicted octanol–water partition coefficient (Wildman–Crippen LogP) is 3.50. The zero-order valence-electron chi connectivity index (χ0n) is 15.1. The first kappa shape index (κ1) is 20.9. The van der Waals surface area contributed by atoms with Crippen LogP contribution >= 0.6 is 35.3 Å². The summed E-state index contributed by atoms with van der Waals surface area (Å²) >= 11 is 1.69. The lowest BCUT2D eigenvalue weighted by Gasteiger charge is -2.37. The summed E-state index contributed by atoms with van der Waals surface area (Å²) in [6.07, 6.45) is 1.89. The molecule has 3 rings (SSSR count). The van der Waals surface area contributed by atoms with Crippen molar-refractivity contribution in [2.45, 2.75) is 20.4 Å². The van der Waals surface area contributed by atoms with Crippen LogP contribution in [0, 0.1) is 12.7 Å². The number of hydrogen-bond acceptors (Lipinski definition) is 4. The lowest BCUT2D eigenvalue weighted by atomic mass is 10.2. The van der Waals surface area contributed by atoms with Gasteiger partial charge in [-0.15, -0.1) is 35.3 Å². The topological polar surface area (TPSA) is 43.8 Å². The monoisotopic (exact) mass is 489 g/mol. The van der Waals surface area contributed by atoms with E-state index in [4.69, 9.17) is 4.99 Å². The molecule has 1 aliphatic rings. The van der Waals surface area contributed by atoms with E-state index in [1.165, 1.54) is 17.0 Å². The van der Waals surface area contributed by atoms with Gasteiger partial charge >= 0.3 is 0 Å². The van der Waals surface area contributed by atoms with E-state index < -0.39 is 0 Å². The Morgan fingerprint density at radius 2 is 1.92 bits per heavy atom. The molecular formula is C18H25FIN5S. The average molecular weight is 489 g/mol. The van der Waals surface area contributed by atoms with Crippen LogP contribution in [-0.2, 0) is 6.54 Å². The Kier molecular flexibility index (Phi) is 8.08. The lowest BCUT2D eigenvalue weighted by Crippen LogP contribution is -2.52. The van der Waals surface area contributed by atoms with E-state index >= 15 is 0 Å². The highest BCUT2D eigenvalue weighted by Crippen LogP contribution is 2.17. The summed E-state index contributed by atoms with van der Waals surface area (Å²) in [5.74, 6) is 0.746. The van der Waals surface area contributed by atoms with Gasteiger partial charge in [0.05, 0.1) is 6.54 Å². The van der Waals surface area contributed by atoms with E-state index in [-0.39, 0.29) is 29.8 Å². The molecule has 1 aromatic carbocycles. The van der Waals surface area contributed by atoms with Crippen LogP contribution in [0.2, 0.25) is 0 Å². The van der Waals surface area contributed by atoms with Crippen molar-refractivity contribution in [2.24, 2.45) is 4.99 Å². The molecule has 1 saturated heterocycles. The fraction of sp³-hybridized carbons (Fsp3) is 0.444. The molecule has 0 amide bonds. The van der Waals surface area contributed by atoms with Crippen LogP contribution in [0.3, 0.4) is 0 Å². The number of guanidine groups is 1. The largest absolute Gasteiger partial charge is 0.368 e. The first-order chi connectivity index (χ1) is 12.2. The minimum atomic E-state index is -0.193. The first-order valence-corrected chi connectivity index (χ1v) is 9.42. The minimum absolute atomic E-state index is 0. The van der Waals surface area contributed by atoms with Gasteiger partial charge in [0.2, 0.25) is 0 Å². The number of aliphatic imine (C=N–C) groups is 1. The van der Waals surface area contributed by atoms with Gasteiger partial charge in [-0.3, -0.25) is 0 Å². The van der Waals surface area contributed by atoms with Gasteiger partial charge in [-0.05, 0) is 38.1 Å². The molecule has 0 atom stereocenters. The van der Waals surface area contributed by atoms with Crippen LogP contribution in [-0.4, -0.2) is 48.6 Å². The van der Waals surface area contributed by atoms with Gasteiger partial charge in [0.1, 0.15) is 10.8 Å². The van der Waals surface area contributed by atoms with Crippen LogP contribution in [0.15, 0.2) is 35.5 Å². The number of anilines is 1. The Morgan fingerprint density at radius 1 is 1.23 bits per heavy atom. The van der Waals surface area contributed by atoms with E-state index in [9.17, 15) is 4.39 Å². The van der Waals surface area contributed by atoms with Crippen molar-refractivity contribution in [3.05, 3.63) is 46.2 Å². The maximum absolute atomic E-state index is 13.1. The standard InChI is InChI=1S/C18H24FN5S.HI/c1-3-20-18(22-13-17-21-12-14(2)25-17)24-10-8-23(9-11-24)16-6-4-15(19)5-7-16;/h4-7,12H,3,8-11,13H2,1-2H3,(H,20,22);1H. The van der Waals surface area contributed by atoms with Gasteiger partial charge in [-0.25, -0.2) is 14.4 Å². The summed E-state index contributed by atoms with van der Waals surface area (Å²) < 4.78 is 13.1. The number of rotatable bonds is 4. The van der Waals surface area contributed by atoms with Gasteiger partial charge < -0.3 is 15.1 Å². The quantitative estimate of drug-likeness (QED) is 0.406.